The quantitative estimate of drug-likeness (QED) is 0.855. The van der Waals surface area contributed by atoms with E-state index in [0.29, 0.717) is 23.8 Å². The number of aryl methyl sites for hydroxylation is 1. The molecule has 0 radical (unpaired) electrons. The Morgan fingerprint density at radius 3 is 2.47 bits per heavy atom. The maximum atomic E-state index is 5.87. The normalized spacial score (nSPS) is 14.3. The number of rotatable bonds is 5. The largest absolute Gasteiger partial charge is 0.334 e. The molecule has 3 heteroatoms. The Kier molecular flexibility index (Phi) is 4.75. The van der Waals surface area contributed by atoms with Crippen molar-refractivity contribution in [2.45, 2.75) is 53.5 Å². The minimum atomic E-state index is 0.359. The topological polar surface area (TPSA) is 43.8 Å². The Bertz CT molecular complexity index is 333. The van der Waals surface area contributed by atoms with Crippen molar-refractivity contribution in [3.63, 3.8) is 0 Å². The van der Waals surface area contributed by atoms with Gasteiger partial charge in [0.2, 0.25) is 0 Å². The first-order chi connectivity index (χ1) is 7.85. The van der Waals surface area contributed by atoms with Gasteiger partial charge in [-0.2, -0.15) is 0 Å². The summed E-state index contributed by atoms with van der Waals surface area (Å²) in [5.74, 6) is 0.975. The van der Waals surface area contributed by atoms with E-state index in [0.717, 1.165) is 13.0 Å². The monoisotopic (exact) mass is 237 g/mol. The Morgan fingerprint density at radius 2 is 2.00 bits per heavy atom. The maximum Gasteiger partial charge on any atom is 0.0948 e. The summed E-state index contributed by atoms with van der Waals surface area (Å²) >= 11 is 0. The summed E-state index contributed by atoms with van der Waals surface area (Å²) in [4.78, 5) is 4.28. The van der Waals surface area contributed by atoms with Crippen molar-refractivity contribution in [1.29, 1.82) is 0 Å². The number of nitrogens with two attached hydrogens (primary N) is 1. The van der Waals surface area contributed by atoms with E-state index in [4.69, 9.17) is 5.73 Å². The van der Waals surface area contributed by atoms with E-state index in [2.05, 4.69) is 44.2 Å². The predicted octanol–water partition coefficient (Wildman–Crippen LogP) is 3.02. The van der Waals surface area contributed by atoms with Gasteiger partial charge in [-0.3, -0.25) is 0 Å². The summed E-state index contributed by atoms with van der Waals surface area (Å²) in [6.07, 6.45) is 5.07. The number of aromatic nitrogens is 2. The molecule has 0 aromatic carbocycles. The molecule has 2 N–H and O–H groups in total. The molecule has 1 atom stereocenters. The zero-order valence-electron chi connectivity index (χ0n) is 11.9. The highest BCUT2D eigenvalue weighted by atomic mass is 15.0. The van der Waals surface area contributed by atoms with Gasteiger partial charge in [-0.15, -0.1) is 0 Å². The van der Waals surface area contributed by atoms with Gasteiger partial charge in [0.25, 0.3) is 0 Å². The highest BCUT2D eigenvalue weighted by Gasteiger charge is 2.19. The molecule has 1 rings (SSSR count). The van der Waals surface area contributed by atoms with Crippen LogP contribution in [0.25, 0.3) is 0 Å². The van der Waals surface area contributed by atoms with E-state index in [9.17, 15) is 0 Å². The molecule has 0 saturated carbocycles. The molecule has 1 heterocycles. The second-order valence-corrected chi connectivity index (χ2v) is 6.41. The molecule has 0 fully saturated rings. The summed E-state index contributed by atoms with van der Waals surface area (Å²) < 4.78 is 2.27. The van der Waals surface area contributed by atoms with Crippen LogP contribution in [0.15, 0.2) is 12.5 Å². The van der Waals surface area contributed by atoms with Gasteiger partial charge in [0.1, 0.15) is 0 Å². The molecule has 1 aromatic rings. The fourth-order valence-corrected chi connectivity index (χ4v) is 2.02. The summed E-state index contributed by atoms with van der Waals surface area (Å²) in [5.41, 5.74) is 7.52. The molecule has 1 unspecified atom stereocenters. The zero-order valence-corrected chi connectivity index (χ0v) is 11.9. The van der Waals surface area contributed by atoms with Gasteiger partial charge in [-0.25, -0.2) is 4.98 Å². The van der Waals surface area contributed by atoms with Gasteiger partial charge in [-0.1, -0.05) is 34.6 Å². The van der Waals surface area contributed by atoms with E-state index in [-0.39, 0.29) is 0 Å². The highest BCUT2D eigenvalue weighted by molar-refractivity contribution is 5.08. The van der Waals surface area contributed by atoms with Crippen LogP contribution in [-0.4, -0.2) is 16.1 Å². The Labute approximate surface area is 105 Å². The first-order valence-corrected chi connectivity index (χ1v) is 6.55. The number of hydrogen-bond donors (Lipinski definition) is 1. The Morgan fingerprint density at radius 1 is 1.35 bits per heavy atom. The molecular weight excluding hydrogens is 210 g/mol. The molecule has 17 heavy (non-hydrogen) atoms. The fraction of sp³-hybridized carbons (Fsp3) is 0.786. The van der Waals surface area contributed by atoms with Crippen LogP contribution in [0.3, 0.4) is 0 Å². The Hall–Kier alpha value is -0.830. The highest BCUT2D eigenvalue weighted by Crippen LogP contribution is 2.25. The third-order valence-corrected chi connectivity index (χ3v) is 3.29. The smallest absolute Gasteiger partial charge is 0.0948 e. The second-order valence-electron chi connectivity index (χ2n) is 6.41. The molecular formula is C14H27N3. The lowest BCUT2D eigenvalue weighted by Crippen LogP contribution is -2.21. The number of hydrogen-bond acceptors (Lipinski definition) is 2. The summed E-state index contributed by atoms with van der Waals surface area (Å²) in [6.45, 7) is 13.0. The fourth-order valence-electron chi connectivity index (χ4n) is 2.02. The van der Waals surface area contributed by atoms with Crippen molar-refractivity contribution in [2.24, 2.45) is 17.1 Å². The van der Waals surface area contributed by atoms with E-state index in [1.165, 1.54) is 5.69 Å². The summed E-state index contributed by atoms with van der Waals surface area (Å²) in [7, 11) is 0. The van der Waals surface area contributed by atoms with E-state index in [1.54, 1.807) is 0 Å². The van der Waals surface area contributed by atoms with Crippen molar-refractivity contribution in [3.05, 3.63) is 18.2 Å². The molecule has 98 valence electrons. The SMILES string of the molecule is CC(C)C(CN)c1cncn1CCC(C)(C)C. The van der Waals surface area contributed by atoms with Gasteiger partial charge in [0, 0.05) is 30.9 Å². The lowest BCUT2D eigenvalue weighted by Gasteiger charge is -2.23. The van der Waals surface area contributed by atoms with Crippen LogP contribution >= 0.6 is 0 Å². The van der Waals surface area contributed by atoms with Crippen LogP contribution in [-0.2, 0) is 6.54 Å². The minimum absolute atomic E-state index is 0.359. The zero-order chi connectivity index (χ0) is 13.1. The van der Waals surface area contributed by atoms with Crippen molar-refractivity contribution < 1.29 is 0 Å². The third kappa shape index (κ3) is 4.15. The predicted molar refractivity (Wildman–Crippen MR) is 72.9 cm³/mol. The van der Waals surface area contributed by atoms with Crippen molar-refractivity contribution in [2.75, 3.05) is 6.54 Å². The van der Waals surface area contributed by atoms with Crippen molar-refractivity contribution in [1.82, 2.24) is 9.55 Å². The Balaban J connectivity index is 2.78. The molecule has 3 nitrogen and oxygen atoms in total. The van der Waals surface area contributed by atoms with Crippen LogP contribution < -0.4 is 5.73 Å². The average molecular weight is 237 g/mol. The molecule has 1 aromatic heterocycles. The first kappa shape index (κ1) is 14.2. The van der Waals surface area contributed by atoms with Gasteiger partial charge in [0.05, 0.1) is 6.33 Å². The van der Waals surface area contributed by atoms with E-state index in [1.807, 2.05) is 12.5 Å². The second kappa shape index (κ2) is 5.67. The van der Waals surface area contributed by atoms with Crippen LogP contribution in [0.5, 0.6) is 0 Å². The van der Waals surface area contributed by atoms with E-state index >= 15 is 0 Å². The first-order valence-electron chi connectivity index (χ1n) is 6.55. The van der Waals surface area contributed by atoms with Crippen LogP contribution in [0.1, 0.15) is 52.7 Å². The van der Waals surface area contributed by atoms with Crippen LogP contribution in [0.2, 0.25) is 0 Å². The van der Waals surface area contributed by atoms with Gasteiger partial charge >= 0.3 is 0 Å². The van der Waals surface area contributed by atoms with Gasteiger partial charge < -0.3 is 10.3 Å². The third-order valence-electron chi connectivity index (χ3n) is 3.29. The summed E-state index contributed by atoms with van der Waals surface area (Å²) in [5, 5.41) is 0. The molecule has 0 saturated heterocycles. The van der Waals surface area contributed by atoms with Gasteiger partial charge in [-0.05, 0) is 17.8 Å². The van der Waals surface area contributed by atoms with Crippen LogP contribution in [0, 0.1) is 11.3 Å². The molecule has 0 aliphatic rings. The summed E-state index contributed by atoms with van der Waals surface area (Å²) in [6, 6.07) is 0. The molecule has 0 aliphatic heterocycles. The average Bonchev–Trinajstić information content (AvgIpc) is 2.62. The van der Waals surface area contributed by atoms with Crippen molar-refractivity contribution >= 4 is 0 Å². The molecule has 0 amide bonds. The molecule has 0 bridgehead atoms. The minimum Gasteiger partial charge on any atom is -0.334 e. The number of imidazole rings is 1. The van der Waals surface area contributed by atoms with Crippen LogP contribution in [0.4, 0.5) is 0 Å². The lowest BCUT2D eigenvalue weighted by molar-refractivity contribution is 0.343. The lowest BCUT2D eigenvalue weighted by atomic mass is 9.91. The standard InChI is InChI=1S/C14H27N3/c1-11(2)12(8-15)13-9-16-10-17(13)7-6-14(3,4)5/h9-12H,6-8,15H2,1-5H3. The maximum absolute atomic E-state index is 5.87. The van der Waals surface area contributed by atoms with E-state index < -0.39 is 0 Å². The number of nitrogens with zero attached hydrogens (tertiary/aromatic N) is 2. The molecule has 0 aliphatic carbocycles. The van der Waals surface area contributed by atoms with Gasteiger partial charge in [0.15, 0.2) is 0 Å². The van der Waals surface area contributed by atoms with Crippen molar-refractivity contribution in [3.8, 4) is 0 Å². The molecule has 0 spiro atoms.